The van der Waals surface area contributed by atoms with Crippen molar-refractivity contribution in [2.45, 2.75) is 44.8 Å². The van der Waals surface area contributed by atoms with Crippen LogP contribution in [0.25, 0.3) is 0 Å². The molecule has 1 atom stereocenters. The summed E-state index contributed by atoms with van der Waals surface area (Å²) in [6.45, 7) is 1.17. The van der Waals surface area contributed by atoms with Crippen LogP contribution in [0.3, 0.4) is 0 Å². The van der Waals surface area contributed by atoms with Crippen LogP contribution in [0, 0.1) is 0 Å². The zero-order chi connectivity index (χ0) is 14.7. The number of carbonyl (C=O) groups excluding carboxylic acids is 1. The summed E-state index contributed by atoms with van der Waals surface area (Å²) in [4.78, 5) is 23.5. The highest BCUT2D eigenvalue weighted by Crippen LogP contribution is 2.11. The van der Waals surface area contributed by atoms with Crippen LogP contribution in [0.1, 0.15) is 25.1 Å². The van der Waals surface area contributed by atoms with Gasteiger partial charge in [0, 0.05) is 44.4 Å². The Hall–Kier alpha value is -2.38. The number of rotatable bonds is 4. The lowest BCUT2D eigenvalue weighted by Gasteiger charge is -2.15. The fourth-order valence-electron chi connectivity index (χ4n) is 2.60. The minimum atomic E-state index is -0.171. The van der Waals surface area contributed by atoms with Crippen molar-refractivity contribution in [2.24, 2.45) is 0 Å². The molecule has 2 aromatic heterocycles. The Labute approximate surface area is 121 Å². The zero-order valence-electron chi connectivity index (χ0n) is 11.7. The summed E-state index contributed by atoms with van der Waals surface area (Å²) in [6.07, 6.45) is 6.19. The van der Waals surface area contributed by atoms with E-state index in [1.807, 2.05) is 12.3 Å². The SMILES string of the molecule is O=C(CCn1cccn1)NC1CCc2n[nH]c(=O)n2CC1. The second kappa shape index (κ2) is 5.94. The van der Waals surface area contributed by atoms with Crippen molar-refractivity contribution < 1.29 is 4.79 Å². The van der Waals surface area contributed by atoms with Gasteiger partial charge in [-0.15, -0.1) is 0 Å². The van der Waals surface area contributed by atoms with Gasteiger partial charge in [0.05, 0.1) is 0 Å². The van der Waals surface area contributed by atoms with Gasteiger partial charge in [0.25, 0.3) is 0 Å². The van der Waals surface area contributed by atoms with Crippen LogP contribution in [-0.4, -0.2) is 36.5 Å². The third-order valence-corrected chi connectivity index (χ3v) is 3.75. The standard InChI is InChI=1S/C13H18N6O2/c20-12(5-8-18-7-1-6-14-18)15-10-2-3-11-16-17-13(21)19(11)9-4-10/h1,6-7,10H,2-5,8-9H2,(H,15,20)(H,17,21). The number of carbonyl (C=O) groups is 1. The highest BCUT2D eigenvalue weighted by atomic mass is 16.2. The van der Waals surface area contributed by atoms with Gasteiger partial charge in [-0.1, -0.05) is 0 Å². The molecule has 8 heteroatoms. The van der Waals surface area contributed by atoms with E-state index in [1.165, 1.54) is 0 Å². The Morgan fingerprint density at radius 2 is 2.38 bits per heavy atom. The highest BCUT2D eigenvalue weighted by Gasteiger charge is 2.20. The predicted octanol–water partition coefficient (Wildman–Crippen LogP) is -0.321. The molecular formula is C13H18N6O2. The summed E-state index contributed by atoms with van der Waals surface area (Å²) in [5.74, 6) is 0.789. The monoisotopic (exact) mass is 290 g/mol. The lowest BCUT2D eigenvalue weighted by Crippen LogP contribution is -2.36. The summed E-state index contributed by atoms with van der Waals surface area (Å²) in [5, 5.41) is 13.6. The molecule has 1 aliphatic rings. The number of hydrogen-bond acceptors (Lipinski definition) is 4. The minimum absolute atomic E-state index is 0.0175. The van der Waals surface area contributed by atoms with E-state index in [2.05, 4.69) is 20.6 Å². The first-order chi connectivity index (χ1) is 10.2. The van der Waals surface area contributed by atoms with Crippen molar-refractivity contribution in [3.8, 4) is 0 Å². The summed E-state index contributed by atoms with van der Waals surface area (Å²) in [5.41, 5.74) is -0.171. The molecule has 0 radical (unpaired) electrons. The van der Waals surface area contributed by atoms with Crippen LogP contribution >= 0.6 is 0 Å². The molecule has 0 aromatic carbocycles. The van der Waals surface area contributed by atoms with Crippen LogP contribution in [0.2, 0.25) is 0 Å². The number of amides is 1. The van der Waals surface area contributed by atoms with Crippen molar-refractivity contribution in [1.29, 1.82) is 0 Å². The molecule has 0 fully saturated rings. The number of fused-ring (bicyclic) bond motifs is 1. The van der Waals surface area contributed by atoms with Crippen molar-refractivity contribution in [3.63, 3.8) is 0 Å². The summed E-state index contributed by atoms with van der Waals surface area (Å²) < 4.78 is 3.39. The number of aromatic amines is 1. The number of nitrogens with zero attached hydrogens (tertiary/aromatic N) is 4. The lowest BCUT2D eigenvalue weighted by molar-refractivity contribution is -0.122. The topological polar surface area (TPSA) is 97.6 Å². The van der Waals surface area contributed by atoms with E-state index < -0.39 is 0 Å². The van der Waals surface area contributed by atoms with Crippen molar-refractivity contribution in [2.75, 3.05) is 0 Å². The molecule has 2 aromatic rings. The van der Waals surface area contributed by atoms with Gasteiger partial charge in [0.1, 0.15) is 5.82 Å². The third-order valence-electron chi connectivity index (χ3n) is 3.75. The average Bonchev–Trinajstić information content (AvgIpc) is 3.05. The molecule has 0 spiro atoms. The van der Waals surface area contributed by atoms with Gasteiger partial charge in [-0.2, -0.15) is 10.2 Å². The predicted molar refractivity (Wildman–Crippen MR) is 74.6 cm³/mol. The van der Waals surface area contributed by atoms with E-state index in [1.54, 1.807) is 15.4 Å². The number of nitrogens with one attached hydrogen (secondary N) is 2. The maximum absolute atomic E-state index is 12.0. The van der Waals surface area contributed by atoms with Crippen LogP contribution in [-0.2, 0) is 24.3 Å². The first kappa shape index (κ1) is 13.6. The van der Waals surface area contributed by atoms with Gasteiger partial charge in [0.2, 0.25) is 5.91 Å². The van der Waals surface area contributed by atoms with Crippen LogP contribution < -0.4 is 11.0 Å². The van der Waals surface area contributed by atoms with E-state index >= 15 is 0 Å². The molecule has 0 saturated carbocycles. The van der Waals surface area contributed by atoms with E-state index in [0.29, 0.717) is 25.9 Å². The van der Waals surface area contributed by atoms with Crippen molar-refractivity contribution in [1.82, 2.24) is 29.9 Å². The van der Waals surface area contributed by atoms with E-state index in [9.17, 15) is 9.59 Å². The fourth-order valence-corrected chi connectivity index (χ4v) is 2.60. The smallest absolute Gasteiger partial charge is 0.343 e. The maximum atomic E-state index is 12.0. The summed E-state index contributed by atoms with van der Waals surface area (Å²) >= 11 is 0. The Balaban J connectivity index is 1.50. The summed E-state index contributed by atoms with van der Waals surface area (Å²) in [6, 6.07) is 1.93. The molecule has 2 N–H and O–H groups in total. The molecule has 0 bridgehead atoms. The largest absolute Gasteiger partial charge is 0.353 e. The van der Waals surface area contributed by atoms with Gasteiger partial charge >= 0.3 is 5.69 Å². The quantitative estimate of drug-likeness (QED) is 0.806. The first-order valence-electron chi connectivity index (χ1n) is 7.13. The van der Waals surface area contributed by atoms with Crippen molar-refractivity contribution >= 4 is 5.91 Å². The Morgan fingerprint density at radius 1 is 1.48 bits per heavy atom. The van der Waals surface area contributed by atoms with Gasteiger partial charge in [-0.3, -0.25) is 14.0 Å². The molecule has 0 aliphatic carbocycles. The molecule has 112 valence electrons. The second-order valence-electron chi connectivity index (χ2n) is 5.21. The molecule has 3 rings (SSSR count). The Morgan fingerprint density at radius 3 is 3.19 bits per heavy atom. The molecule has 1 amide bonds. The lowest BCUT2D eigenvalue weighted by atomic mass is 10.1. The third kappa shape index (κ3) is 3.21. The van der Waals surface area contributed by atoms with E-state index in [0.717, 1.165) is 18.7 Å². The van der Waals surface area contributed by atoms with Gasteiger partial charge in [-0.25, -0.2) is 9.89 Å². The molecule has 1 unspecified atom stereocenters. The normalized spacial score (nSPS) is 18.0. The first-order valence-corrected chi connectivity index (χ1v) is 7.13. The molecular weight excluding hydrogens is 272 g/mol. The van der Waals surface area contributed by atoms with Gasteiger partial charge in [0.15, 0.2) is 0 Å². The average molecular weight is 290 g/mol. The van der Waals surface area contributed by atoms with Crippen molar-refractivity contribution in [3.05, 3.63) is 34.8 Å². The van der Waals surface area contributed by atoms with Gasteiger partial charge < -0.3 is 5.32 Å². The highest BCUT2D eigenvalue weighted by molar-refractivity contribution is 5.76. The van der Waals surface area contributed by atoms with Gasteiger partial charge in [-0.05, 0) is 18.9 Å². The Kier molecular flexibility index (Phi) is 3.85. The number of H-pyrrole nitrogens is 1. The number of aryl methyl sites for hydroxylation is 2. The maximum Gasteiger partial charge on any atom is 0.343 e. The molecule has 3 heterocycles. The van der Waals surface area contributed by atoms with Crippen LogP contribution in [0.4, 0.5) is 0 Å². The van der Waals surface area contributed by atoms with E-state index in [-0.39, 0.29) is 17.6 Å². The van der Waals surface area contributed by atoms with E-state index in [4.69, 9.17) is 0 Å². The molecule has 0 saturated heterocycles. The molecule has 21 heavy (non-hydrogen) atoms. The summed E-state index contributed by atoms with van der Waals surface area (Å²) in [7, 11) is 0. The molecule has 1 aliphatic heterocycles. The minimum Gasteiger partial charge on any atom is -0.353 e. The Bertz CT molecular complexity index is 657. The second-order valence-corrected chi connectivity index (χ2v) is 5.21. The zero-order valence-corrected chi connectivity index (χ0v) is 11.7. The molecule has 8 nitrogen and oxygen atoms in total. The van der Waals surface area contributed by atoms with Crippen LogP contribution in [0.5, 0.6) is 0 Å². The van der Waals surface area contributed by atoms with Crippen LogP contribution in [0.15, 0.2) is 23.3 Å². The number of hydrogen-bond donors (Lipinski definition) is 2. The number of aromatic nitrogens is 5. The fraction of sp³-hybridized carbons (Fsp3) is 0.538.